The summed E-state index contributed by atoms with van der Waals surface area (Å²) in [5.41, 5.74) is 7.83. The Morgan fingerprint density at radius 3 is 2.84 bits per heavy atom. The molecule has 104 valence electrons. The van der Waals surface area contributed by atoms with Crippen molar-refractivity contribution in [1.82, 2.24) is 0 Å². The van der Waals surface area contributed by atoms with Crippen molar-refractivity contribution in [2.45, 2.75) is 32.6 Å². The van der Waals surface area contributed by atoms with E-state index in [9.17, 15) is 4.79 Å². The van der Waals surface area contributed by atoms with Gasteiger partial charge in [0.25, 0.3) is 0 Å². The highest BCUT2D eigenvalue weighted by atomic mass is 127. The van der Waals surface area contributed by atoms with Crippen molar-refractivity contribution in [3.63, 3.8) is 0 Å². The van der Waals surface area contributed by atoms with Crippen LogP contribution in [0.4, 0.5) is 5.69 Å². The first-order chi connectivity index (χ1) is 9.11. The number of rotatable bonds is 3. The van der Waals surface area contributed by atoms with Crippen LogP contribution in [-0.2, 0) is 4.79 Å². The zero-order valence-electron chi connectivity index (χ0n) is 11.3. The summed E-state index contributed by atoms with van der Waals surface area (Å²) in [7, 11) is 0. The molecule has 1 aliphatic rings. The van der Waals surface area contributed by atoms with Crippen molar-refractivity contribution in [3.05, 3.63) is 27.3 Å². The third kappa shape index (κ3) is 3.69. The topological polar surface area (TPSA) is 55.1 Å². The zero-order chi connectivity index (χ0) is 13.8. The predicted octanol–water partition coefficient (Wildman–Crippen LogP) is 3.30. The normalized spacial score (nSPS) is 23.1. The van der Waals surface area contributed by atoms with E-state index in [4.69, 9.17) is 5.73 Å². The summed E-state index contributed by atoms with van der Waals surface area (Å²) in [5, 5.41) is 3.07. The van der Waals surface area contributed by atoms with Crippen LogP contribution in [0.25, 0.3) is 0 Å². The molecular weight excluding hydrogens is 351 g/mol. The molecule has 0 radical (unpaired) electrons. The second-order valence-electron chi connectivity index (χ2n) is 5.34. The van der Waals surface area contributed by atoms with Crippen molar-refractivity contribution in [1.29, 1.82) is 0 Å². The van der Waals surface area contributed by atoms with Crippen molar-refractivity contribution in [3.8, 4) is 0 Å². The van der Waals surface area contributed by atoms with Gasteiger partial charge in [-0.1, -0.05) is 12.8 Å². The van der Waals surface area contributed by atoms with Crippen LogP contribution in [0, 0.1) is 22.3 Å². The lowest BCUT2D eigenvalue weighted by atomic mass is 9.78. The minimum Gasteiger partial charge on any atom is -0.330 e. The lowest BCUT2D eigenvalue weighted by Crippen LogP contribution is -2.35. The maximum atomic E-state index is 12.4. The van der Waals surface area contributed by atoms with Crippen LogP contribution in [0.5, 0.6) is 0 Å². The highest BCUT2D eigenvalue weighted by Gasteiger charge is 2.30. The Morgan fingerprint density at radius 1 is 1.42 bits per heavy atom. The van der Waals surface area contributed by atoms with Crippen LogP contribution in [0.2, 0.25) is 0 Å². The van der Waals surface area contributed by atoms with Gasteiger partial charge in [0.15, 0.2) is 0 Å². The average molecular weight is 372 g/mol. The fourth-order valence-corrected chi connectivity index (χ4v) is 3.47. The molecule has 1 saturated carbocycles. The van der Waals surface area contributed by atoms with Gasteiger partial charge in [0.2, 0.25) is 5.91 Å². The van der Waals surface area contributed by atoms with E-state index in [2.05, 4.69) is 34.0 Å². The van der Waals surface area contributed by atoms with Crippen LogP contribution >= 0.6 is 22.6 Å². The van der Waals surface area contributed by atoms with Gasteiger partial charge in [-0.25, -0.2) is 0 Å². The Bertz CT molecular complexity index is 461. The Balaban J connectivity index is 2.07. The summed E-state index contributed by atoms with van der Waals surface area (Å²) in [4.78, 5) is 12.4. The fraction of sp³-hybridized carbons (Fsp3) is 0.533. The number of amides is 1. The first-order valence-corrected chi connectivity index (χ1v) is 7.96. The zero-order valence-corrected chi connectivity index (χ0v) is 13.4. The molecule has 1 amide bonds. The van der Waals surface area contributed by atoms with Crippen molar-refractivity contribution in [2.24, 2.45) is 17.6 Å². The number of carbonyl (C=O) groups is 1. The molecule has 2 rings (SSSR count). The maximum Gasteiger partial charge on any atom is 0.227 e. The molecule has 0 heterocycles. The van der Waals surface area contributed by atoms with E-state index in [1.807, 2.05) is 19.1 Å². The summed E-state index contributed by atoms with van der Waals surface area (Å²) in [6.45, 7) is 2.64. The van der Waals surface area contributed by atoms with Crippen LogP contribution in [0.15, 0.2) is 18.2 Å². The number of hydrogen-bond donors (Lipinski definition) is 2. The Morgan fingerprint density at radius 2 is 2.16 bits per heavy atom. The Labute approximate surface area is 128 Å². The number of carbonyl (C=O) groups excluding carboxylic acids is 1. The summed E-state index contributed by atoms with van der Waals surface area (Å²) in [6.07, 6.45) is 4.39. The Kier molecular flexibility index (Phi) is 5.21. The summed E-state index contributed by atoms with van der Waals surface area (Å²) >= 11 is 2.28. The SMILES string of the molecule is Cc1cc(I)ccc1NC(=O)C1CCCCC1CN. The monoisotopic (exact) mass is 372 g/mol. The lowest BCUT2D eigenvalue weighted by molar-refractivity contribution is -0.122. The highest BCUT2D eigenvalue weighted by Crippen LogP contribution is 2.30. The molecule has 1 fully saturated rings. The molecule has 2 unspecified atom stereocenters. The van der Waals surface area contributed by atoms with E-state index in [0.717, 1.165) is 30.5 Å². The molecular formula is C15H21IN2O. The summed E-state index contributed by atoms with van der Waals surface area (Å²) < 4.78 is 1.19. The number of hydrogen-bond acceptors (Lipinski definition) is 2. The molecule has 2 atom stereocenters. The molecule has 4 heteroatoms. The molecule has 0 bridgehead atoms. The third-order valence-electron chi connectivity index (χ3n) is 3.99. The molecule has 0 aromatic heterocycles. The predicted molar refractivity (Wildman–Crippen MR) is 87.0 cm³/mol. The minimum atomic E-state index is 0.0810. The molecule has 1 aromatic carbocycles. The smallest absolute Gasteiger partial charge is 0.227 e. The second-order valence-corrected chi connectivity index (χ2v) is 6.58. The van der Waals surface area contributed by atoms with E-state index in [0.29, 0.717) is 12.5 Å². The Hall–Kier alpha value is -0.620. The highest BCUT2D eigenvalue weighted by molar-refractivity contribution is 14.1. The van der Waals surface area contributed by atoms with E-state index in [1.54, 1.807) is 0 Å². The molecule has 1 aliphatic carbocycles. The van der Waals surface area contributed by atoms with E-state index < -0.39 is 0 Å². The molecule has 0 spiro atoms. The quantitative estimate of drug-likeness (QED) is 0.800. The molecule has 3 nitrogen and oxygen atoms in total. The van der Waals surface area contributed by atoms with Gasteiger partial charge in [0.1, 0.15) is 0 Å². The average Bonchev–Trinajstić information content (AvgIpc) is 2.41. The van der Waals surface area contributed by atoms with Crippen LogP contribution in [0.1, 0.15) is 31.2 Å². The molecule has 0 saturated heterocycles. The number of nitrogens with two attached hydrogens (primary N) is 1. The standard InChI is InChI=1S/C15H21IN2O/c1-10-8-12(16)6-7-14(10)18-15(19)13-5-3-2-4-11(13)9-17/h6-8,11,13H,2-5,9,17H2,1H3,(H,18,19). The van der Waals surface area contributed by atoms with Crippen LogP contribution < -0.4 is 11.1 Å². The fourth-order valence-electron chi connectivity index (χ4n) is 2.83. The molecule has 3 N–H and O–H groups in total. The van der Waals surface area contributed by atoms with Gasteiger partial charge in [0, 0.05) is 15.2 Å². The van der Waals surface area contributed by atoms with Gasteiger partial charge in [0.05, 0.1) is 0 Å². The molecule has 1 aromatic rings. The van der Waals surface area contributed by atoms with Crippen LogP contribution in [-0.4, -0.2) is 12.5 Å². The second kappa shape index (κ2) is 6.70. The van der Waals surface area contributed by atoms with Gasteiger partial charge < -0.3 is 11.1 Å². The number of anilines is 1. The van der Waals surface area contributed by atoms with Gasteiger partial charge >= 0.3 is 0 Å². The van der Waals surface area contributed by atoms with Crippen molar-refractivity contribution < 1.29 is 4.79 Å². The van der Waals surface area contributed by atoms with Gasteiger partial charge in [-0.05, 0) is 78.6 Å². The first-order valence-electron chi connectivity index (χ1n) is 6.89. The number of nitrogens with one attached hydrogen (secondary N) is 1. The first kappa shape index (κ1) is 14.8. The van der Waals surface area contributed by atoms with Crippen molar-refractivity contribution in [2.75, 3.05) is 11.9 Å². The van der Waals surface area contributed by atoms with Gasteiger partial charge in [-0.2, -0.15) is 0 Å². The summed E-state index contributed by atoms with van der Waals surface area (Å²) in [5.74, 6) is 0.565. The lowest BCUT2D eigenvalue weighted by Gasteiger charge is -2.29. The van der Waals surface area contributed by atoms with E-state index >= 15 is 0 Å². The number of aryl methyl sites for hydroxylation is 1. The number of benzene rings is 1. The van der Waals surface area contributed by atoms with Crippen LogP contribution in [0.3, 0.4) is 0 Å². The molecule has 0 aliphatic heterocycles. The molecule has 19 heavy (non-hydrogen) atoms. The minimum absolute atomic E-state index is 0.0810. The van der Waals surface area contributed by atoms with E-state index in [-0.39, 0.29) is 11.8 Å². The third-order valence-corrected chi connectivity index (χ3v) is 4.67. The van der Waals surface area contributed by atoms with Gasteiger partial charge in [-0.3, -0.25) is 4.79 Å². The largest absolute Gasteiger partial charge is 0.330 e. The van der Waals surface area contributed by atoms with Gasteiger partial charge in [-0.15, -0.1) is 0 Å². The van der Waals surface area contributed by atoms with Crippen molar-refractivity contribution >= 4 is 34.2 Å². The summed E-state index contributed by atoms with van der Waals surface area (Å²) in [6, 6.07) is 6.08. The van der Waals surface area contributed by atoms with E-state index in [1.165, 1.54) is 9.99 Å². The maximum absolute atomic E-state index is 12.4. The number of halogens is 1.